The molecule has 1 fully saturated rings. The van der Waals surface area contributed by atoms with Crippen molar-refractivity contribution in [2.24, 2.45) is 11.3 Å². The van der Waals surface area contributed by atoms with Gasteiger partial charge in [-0.25, -0.2) is 0 Å². The third-order valence-corrected chi connectivity index (χ3v) is 3.34. The molecule has 1 rings (SSSR count). The summed E-state index contributed by atoms with van der Waals surface area (Å²) in [6.45, 7) is 3.69. The molecule has 1 aliphatic carbocycles. The van der Waals surface area contributed by atoms with E-state index in [9.17, 15) is 19.2 Å². The summed E-state index contributed by atoms with van der Waals surface area (Å²) >= 11 is 0. The molecule has 0 heterocycles. The van der Waals surface area contributed by atoms with Crippen LogP contribution in [0, 0.1) is 11.3 Å². The first kappa shape index (κ1) is 15.5. The molecule has 0 spiro atoms. The zero-order valence-electron chi connectivity index (χ0n) is 11.4. The summed E-state index contributed by atoms with van der Waals surface area (Å²) in [7, 11) is 0. The molecular formula is C14H20O5. The van der Waals surface area contributed by atoms with E-state index in [1.807, 2.05) is 13.8 Å². The lowest BCUT2D eigenvalue weighted by atomic mass is 9.70. The van der Waals surface area contributed by atoms with Crippen molar-refractivity contribution in [3.8, 4) is 0 Å². The number of carboxylic acids is 1. The Bertz CT molecular complexity index is 388. The van der Waals surface area contributed by atoms with E-state index in [1.165, 1.54) is 0 Å². The molecule has 0 aromatic heterocycles. The first-order valence-corrected chi connectivity index (χ1v) is 6.53. The molecule has 0 saturated heterocycles. The summed E-state index contributed by atoms with van der Waals surface area (Å²) in [5.41, 5.74) is -0.353. The van der Waals surface area contributed by atoms with E-state index >= 15 is 0 Å². The van der Waals surface area contributed by atoms with Gasteiger partial charge in [0.15, 0.2) is 17.3 Å². The minimum Gasteiger partial charge on any atom is -0.481 e. The number of carbonyl (C=O) groups is 4. The summed E-state index contributed by atoms with van der Waals surface area (Å²) in [5, 5.41) is 8.48. The lowest BCUT2D eigenvalue weighted by Gasteiger charge is -2.31. The van der Waals surface area contributed by atoms with Gasteiger partial charge in [-0.15, -0.1) is 0 Å². The van der Waals surface area contributed by atoms with E-state index in [-0.39, 0.29) is 48.4 Å². The Kier molecular flexibility index (Phi) is 4.97. The lowest BCUT2D eigenvalue weighted by molar-refractivity contribution is -0.145. The van der Waals surface area contributed by atoms with Gasteiger partial charge in [0.2, 0.25) is 0 Å². The van der Waals surface area contributed by atoms with Gasteiger partial charge in [-0.05, 0) is 18.3 Å². The number of ketones is 3. The number of hydrogen-bond donors (Lipinski definition) is 1. The van der Waals surface area contributed by atoms with E-state index in [0.29, 0.717) is 12.8 Å². The van der Waals surface area contributed by atoms with E-state index in [0.717, 1.165) is 0 Å². The van der Waals surface area contributed by atoms with Crippen LogP contribution in [0.25, 0.3) is 0 Å². The molecule has 0 aromatic carbocycles. The largest absolute Gasteiger partial charge is 0.481 e. The van der Waals surface area contributed by atoms with Crippen molar-refractivity contribution in [3.63, 3.8) is 0 Å². The molecule has 1 aliphatic rings. The van der Waals surface area contributed by atoms with Crippen LogP contribution in [0.3, 0.4) is 0 Å². The second-order valence-corrected chi connectivity index (χ2v) is 5.95. The molecule has 5 nitrogen and oxygen atoms in total. The molecule has 19 heavy (non-hydrogen) atoms. The van der Waals surface area contributed by atoms with E-state index in [2.05, 4.69) is 0 Å². The minimum absolute atomic E-state index is 0.00682. The maximum Gasteiger partial charge on any atom is 0.303 e. The molecule has 1 N–H and O–H groups in total. The minimum atomic E-state index is -1.10. The number of unbranched alkanes of at least 4 members (excludes halogenated alkanes) is 1. The zero-order valence-corrected chi connectivity index (χ0v) is 11.4. The highest BCUT2D eigenvalue weighted by molar-refractivity contribution is 6.20. The highest BCUT2D eigenvalue weighted by atomic mass is 16.4. The number of hydrogen-bond acceptors (Lipinski definition) is 4. The Morgan fingerprint density at radius 1 is 1.11 bits per heavy atom. The van der Waals surface area contributed by atoms with Gasteiger partial charge in [-0.2, -0.15) is 0 Å². The number of aliphatic carboxylic acids is 1. The van der Waals surface area contributed by atoms with Gasteiger partial charge in [0.25, 0.3) is 0 Å². The molecule has 0 atom stereocenters. The Morgan fingerprint density at radius 2 is 1.58 bits per heavy atom. The average molecular weight is 268 g/mol. The third kappa shape index (κ3) is 4.58. The number of Topliss-reactive ketones (excluding diaryl/α,β-unsaturated/α-hetero) is 3. The second-order valence-electron chi connectivity index (χ2n) is 5.95. The van der Waals surface area contributed by atoms with Crippen molar-refractivity contribution < 1.29 is 24.3 Å². The van der Waals surface area contributed by atoms with Gasteiger partial charge in [0, 0.05) is 25.7 Å². The van der Waals surface area contributed by atoms with Crippen molar-refractivity contribution in [2.45, 2.75) is 52.4 Å². The van der Waals surface area contributed by atoms with Gasteiger partial charge < -0.3 is 5.11 Å². The second kappa shape index (κ2) is 6.08. The van der Waals surface area contributed by atoms with Crippen molar-refractivity contribution in [1.29, 1.82) is 0 Å². The fourth-order valence-electron chi connectivity index (χ4n) is 2.47. The van der Waals surface area contributed by atoms with Gasteiger partial charge >= 0.3 is 5.97 Å². The monoisotopic (exact) mass is 268 g/mol. The highest BCUT2D eigenvalue weighted by Gasteiger charge is 2.42. The smallest absolute Gasteiger partial charge is 0.303 e. The van der Waals surface area contributed by atoms with E-state index in [4.69, 9.17) is 5.11 Å². The van der Waals surface area contributed by atoms with Crippen LogP contribution in [0.5, 0.6) is 0 Å². The Hall–Kier alpha value is -1.52. The molecule has 0 bridgehead atoms. The molecule has 1 saturated carbocycles. The third-order valence-electron chi connectivity index (χ3n) is 3.34. The average Bonchev–Trinajstić information content (AvgIpc) is 2.21. The molecule has 106 valence electrons. The van der Waals surface area contributed by atoms with Gasteiger partial charge in [0.05, 0.1) is 0 Å². The highest BCUT2D eigenvalue weighted by Crippen LogP contribution is 2.34. The van der Waals surface area contributed by atoms with Gasteiger partial charge in [0.1, 0.15) is 5.92 Å². The SMILES string of the molecule is CC1(C)CC(=O)C(C(=O)CCCCC(=O)O)C(=O)C1. The number of carboxylic acid groups (broad SMARTS) is 1. The van der Waals surface area contributed by atoms with Crippen molar-refractivity contribution in [3.05, 3.63) is 0 Å². The van der Waals surface area contributed by atoms with Crippen molar-refractivity contribution >= 4 is 23.3 Å². The maximum absolute atomic E-state index is 11.9. The topological polar surface area (TPSA) is 88.5 Å². The number of rotatable bonds is 6. The Morgan fingerprint density at radius 3 is 2.05 bits per heavy atom. The molecule has 0 aromatic rings. The predicted molar refractivity (Wildman–Crippen MR) is 67.6 cm³/mol. The summed E-state index contributed by atoms with van der Waals surface area (Å²) in [5.74, 6) is -2.93. The van der Waals surface area contributed by atoms with Crippen LogP contribution in [0.1, 0.15) is 52.4 Å². The molecule has 0 amide bonds. The van der Waals surface area contributed by atoms with Crippen LogP contribution in [-0.4, -0.2) is 28.4 Å². The number of carbonyl (C=O) groups excluding carboxylic acids is 3. The van der Waals surface area contributed by atoms with E-state index in [1.54, 1.807) is 0 Å². The van der Waals surface area contributed by atoms with Crippen LogP contribution in [-0.2, 0) is 19.2 Å². The molecule has 5 heteroatoms. The Labute approximate surface area is 112 Å². The fraction of sp³-hybridized carbons (Fsp3) is 0.714. The molecular weight excluding hydrogens is 248 g/mol. The van der Waals surface area contributed by atoms with Gasteiger partial charge in [-0.1, -0.05) is 13.8 Å². The first-order valence-electron chi connectivity index (χ1n) is 6.53. The molecule has 0 aliphatic heterocycles. The van der Waals surface area contributed by atoms with Crippen LogP contribution >= 0.6 is 0 Å². The summed E-state index contributed by atoms with van der Waals surface area (Å²) in [4.78, 5) is 45.9. The van der Waals surface area contributed by atoms with E-state index < -0.39 is 11.9 Å². The van der Waals surface area contributed by atoms with Crippen LogP contribution in [0.4, 0.5) is 0 Å². The molecule has 0 radical (unpaired) electrons. The summed E-state index contributed by atoms with van der Waals surface area (Å²) < 4.78 is 0. The first-order chi connectivity index (χ1) is 8.73. The fourth-order valence-corrected chi connectivity index (χ4v) is 2.47. The van der Waals surface area contributed by atoms with Gasteiger partial charge in [-0.3, -0.25) is 19.2 Å². The Balaban J connectivity index is 2.50. The molecule has 0 unspecified atom stereocenters. The summed E-state index contributed by atoms with van der Waals surface area (Å²) in [6, 6.07) is 0. The van der Waals surface area contributed by atoms with Crippen molar-refractivity contribution in [2.75, 3.05) is 0 Å². The summed E-state index contributed by atoms with van der Waals surface area (Å²) in [6.07, 6.45) is 1.42. The van der Waals surface area contributed by atoms with Crippen LogP contribution in [0.2, 0.25) is 0 Å². The maximum atomic E-state index is 11.9. The standard InChI is InChI=1S/C14H20O5/c1-14(2)7-10(16)13(11(17)8-14)9(15)5-3-4-6-12(18)19/h13H,3-8H2,1-2H3,(H,18,19). The predicted octanol–water partition coefficient (Wildman–Crippen LogP) is 1.77. The van der Waals surface area contributed by atoms with Crippen LogP contribution < -0.4 is 0 Å². The lowest BCUT2D eigenvalue weighted by Crippen LogP contribution is -2.41. The quantitative estimate of drug-likeness (QED) is 0.586. The zero-order chi connectivity index (χ0) is 14.6. The normalized spacial score (nSPS) is 19.5. The van der Waals surface area contributed by atoms with Crippen LogP contribution in [0.15, 0.2) is 0 Å². The van der Waals surface area contributed by atoms with Crippen molar-refractivity contribution in [1.82, 2.24) is 0 Å².